The summed E-state index contributed by atoms with van der Waals surface area (Å²) in [5, 5.41) is 7.54. The molecule has 1 N–H and O–H groups in total. The number of hydrogen-bond donors (Lipinski definition) is 1. The SMILES string of the molecule is CCS(=O)(=O)N(C)C1CCN(C(=O)c2cn[nH]c2-c2ccc(Cl)cc2)CC1. The molecule has 9 heteroatoms. The fraction of sp³-hybridized carbons (Fsp3) is 0.444. The number of H-pyrrole nitrogens is 1. The van der Waals surface area contributed by atoms with Crippen molar-refractivity contribution in [3.63, 3.8) is 0 Å². The molecule has 0 spiro atoms. The normalized spacial score (nSPS) is 16.1. The molecule has 2 aromatic rings. The number of amides is 1. The molecule has 0 radical (unpaired) electrons. The quantitative estimate of drug-likeness (QED) is 0.820. The maximum absolute atomic E-state index is 13.0. The molecule has 146 valence electrons. The number of aromatic nitrogens is 2. The minimum atomic E-state index is -3.22. The van der Waals surface area contributed by atoms with Crippen molar-refractivity contribution in [3.05, 3.63) is 41.0 Å². The summed E-state index contributed by atoms with van der Waals surface area (Å²) in [6.45, 7) is 2.66. The lowest BCUT2D eigenvalue weighted by Crippen LogP contribution is -2.47. The second kappa shape index (κ2) is 8.00. The van der Waals surface area contributed by atoms with Crippen LogP contribution >= 0.6 is 11.6 Å². The zero-order valence-corrected chi connectivity index (χ0v) is 16.9. The van der Waals surface area contributed by atoms with Gasteiger partial charge in [-0.25, -0.2) is 12.7 Å². The van der Waals surface area contributed by atoms with Gasteiger partial charge in [-0.15, -0.1) is 0 Å². The molecule has 0 aliphatic carbocycles. The number of carbonyl (C=O) groups excluding carboxylic acids is 1. The molecule has 1 aliphatic rings. The number of sulfonamides is 1. The molecule has 0 saturated carbocycles. The number of aromatic amines is 1. The Kier molecular flexibility index (Phi) is 5.88. The summed E-state index contributed by atoms with van der Waals surface area (Å²) in [5.41, 5.74) is 2.00. The molecule has 0 unspecified atom stereocenters. The van der Waals surface area contributed by atoms with Gasteiger partial charge in [0, 0.05) is 36.8 Å². The van der Waals surface area contributed by atoms with Gasteiger partial charge in [-0.2, -0.15) is 5.10 Å². The minimum absolute atomic E-state index is 0.0703. The average Bonchev–Trinajstić information content (AvgIpc) is 3.17. The van der Waals surface area contributed by atoms with E-state index < -0.39 is 10.0 Å². The summed E-state index contributed by atoms with van der Waals surface area (Å²) in [6, 6.07) is 7.13. The van der Waals surface area contributed by atoms with Crippen LogP contribution in [-0.2, 0) is 10.0 Å². The van der Waals surface area contributed by atoms with Crippen LogP contribution in [0.3, 0.4) is 0 Å². The van der Waals surface area contributed by atoms with E-state index in [1.807, 2.05) is 12.1 Å². The van der Waals surface area contributed by atoms with Crippen LogP contribution in [0.25, 0.3) is 11.3 Å². The third kappa shape index (κ3) is 4.17. The van der Waals surface area contributed by atoms with Crippen LogP contribution < -0.4 is 0 Å². The van der Waals surface area contributed by atoms with Crippen LogP contribution in [0.4, 0.5) is 0 Å². The van der Waals surface area contributed by atoms with Crippen molar-refractivity contribution in [3.8, 4) is 11.3 Å². The molecule has 1 saturated heterocycles. The zero-order chi connectivity index (χ0) is 19.6. The number of halogens is 1. The van der Waals surface area contributed by atoms with Gasteiger partial charge in [-0.05, 0) is 31.9 Å². The number of benzene rings is 1. The number of rotatable bonds is 5. The van der Waals surface area contributed by atoms with Crippen molar-refractivity contribution in [1.82, 2.24) is 19.4 Å². The Morgan fingerprint density at radius 1 is 1.30 bits per heavy atom. The monoisotopic (exact) mass is 410 g/mol. The highest BCUT2D eigenvalue weighted by Crippen LogP contribution is 2.26. The first-order valence-corrected chi connectivity index (χ1v) is 10.9. The van der Waals surface area contributed by atoms with Crippen LogP contribution in [-0.4, -0.2) is 65.7 Å². The van der Waals surface area contributed by atoms with Crippen LogP contribution in [0.2, 0.25) is 5.02 Å². The predicted octanol–water partition coefficient (Wildman–Crippen LogP) is 2.62. The van der Waals surface area contributed by atoms with Gasteiger partial charge in [0.1, 0.15) is 0 Å². The Morgan fingerprint density at radius 2 is 1.93 bits per heavy atom. The molecule has 3 rings (SSSR count). The first kappa shape index (κ1) is 19.9. The largest absolute Gasteiger partial charge is 0.338 e. The number of hydrogen-bond acceptors (Lipinski definition) is 4. The molecule has 1 aliphatic heterocycles. The molecule has 1 aromatic heterocycles. The van der Waals surface area contributed by atoms with E-state index in [1.54, 1.807) is 31.0 Å². The van der Waals surface area contributed by atoms with E-state index >= 15 is 0 Å². The minimum Gasteiger partial charge on any atom is -0.338 e. The standard InChI is InChI=1S/C18H23ClN4O3S/c1-3-27(25,26)22(2)15-8-10-23(11-9-15)18(24)16-12-20-21-17(16)13-4-6-14(19)7-5-13/h4-7,12,15H,3,8-11H2,1-2H3,(H,20,21). The van der Waals surface area contributed by atoms with Gasteiger partial charge >= 0.3 is 0 Å². The summed E-state index contributed by atoms with van der Waals surface area (Å²) in [6.07, 6.45) is 2.78. The van der Waals surface area contributed by atoms with Gasteiger partial charge < -0.3 is 4.90 Å². The molecular weight excluding hydrogens is 388 g/mol. The summed E-state index contributed by atoms with van der Waals surface area (Å²) < 4.78 is 25.5. The topological polar surface area (TPSA) is 86.4 Å². The Balaban J connectivity index is 1.71. The van der Waals surface area contributed by atoms with E-state index in [0.29, 0.717) is 42.2 Å². The van der Waals surface area contributed by atoms with E-state index in [1.165, 1.54) is 10.5 Å². The van der Waals surface area contributed by atoms with Crippen LogP contribution in [0.15, 0.2) is 30.5 Å². The summed E-state index contributed by atoms with van der Waals surface area (Å²) in [4.78, 5) is 14.7. The van der Waals surface area contributed by atoms with E-state index in [9.17, 15) is 13.2 Å². The molecule has 27 heavy (non-hydrogen) atoms. The van der Waals surface area contributed by atoms with Gasteiger partial charge in [0.25, 0.3) is 5.91 Å². The Labute approximate surface area is 164 Å². The summed E-state index contributed by atoms with van der Waals surface area (Å²) in [7, 11) is -1.60. The van der Waals surface area contributed by atoms with Crippen molar-refractivity contribution in [2.75, 3.05) is 25.9 Å². The maximum atomic E-state index is 13.0. The zero-order valence-electron chi connectivity index (χ0n) is 15.4. The summed E-state index contributed by atoms with van der Waals surface area (Å²) in [5.74, 6) is -0.0181. The first-order chi connectivity index (χ1) is 12.8. The van der Waals surface area contributed by atoms with Gasteiger partial charge in [0.2, 0.25) is 10.0 Å². The number of nitrogens with zero attached hydrogens (tertiary/aromatic N) is 3. The van der Waals surface area contributed by atoms with Gasteiger partial charge in [-0.3, -0.25) is 9.89 Å². The Hall–Kier alpha value is -1.90. The molecule has 0 atom stereocenters. The van der Waals surface area contributed by atoms with Crippen LogP contribution in [0.5, 0.6) is 0 Å². The predicted molar refractivity (Wildman–Crippen MR) is 105 cm³/mol. The lowest BCUT2D eigenvalue weighted by molar-refractivity contribution is 0.0687. The summed E-state index contributed by atoms with van der Waals surface area (Å²) >= 11 is 5.93. The smallest absolute Gasteiger partial charge is 0.257 e. The highest BCUT2D eigenvalue weighted by molar-refractivity contribution is 7.89. The molecule has 1 aromatic carbocycles. The van der Waals surface area contributed by atoms with Crippen LogP contribution in [0.1, 0.15) is 30.1 Å². The van der Waals surface area contributed by atoms with E-state index in [4.69, 9.17) is 11.6 Å². The lowest BCUT2D eigenvalue weighted by atomic mass is 10.0. The van der Waals surface area contributed by atoms with E-state index in [-0.39, 0.29) is 17.7 Å². The third-order valence-electron chi connectivity index (χ3n) is 5.07. The number of nitrogens with one attached hydrogen (secondary N) is 1. The van der Waals surface area contributed by atoms with E-state index in [2.05, 4.69) is 10.2 Å². The lowest BCUT2D eigenvalue weighted by Gasteiger charge is -2.36. The second-order valence-corrected chi connectivity index (χ2v) is 9.36. The number of likely N-dealkylation sites (tertiary alicyclic amines) is 1. The van der Waals surface area contributed by atoms with Gasteiger partial charge in [0.05, 0.1) is 23.2 Å². The second-order valence-electron chi connectivity index (χ2n) is 6.61. The third-order valence-corrected chi connectivity index (χ3v) is 7.23. The fourth-order valence-electron chi connectivity index (χ4n) is 3.32. The highest BCUT2D eigenvalue weighted by atomic mass is 35.5. The molecule has 1 amide bonds. The molecule has 0 bridgehead atoms. The molecule has 7 nitrogen and oxygen atoms in total. The van der Waals surface area contributed by atoms with Crippen molar-refractivity contribution < 1.29 is 13.2 Å². The molecular formula is C18H23ClN4O3S. The Morgan fingerprint density at radius 3 is 2.52 bits per heavy atom. The number of carbonyl (C=O) groups is 1. The number of piperidine rings is 1. The fourth-order valence-corrected chi connectivity index (χ4v) is 4.52. The van der Waals surface area contributed by atoms with Crippen molar-refractivity contribution in [2.24, 2.45) is 0 Å². The van der Waals surface area contributed by atoms with Gasteiger partial charge in [0.15, 0.2) is 0 Å². The molecule has 1 fully saturated rings. The van der Waals surface area contributed by atoms with Gasteiger partial charge in [-0.1, -0.05) is 23.7 Å². The van der Waals surface area contributed by atoms with E-state index in [0.717, 1.165) is 5.56 Å². The van der Waals surface area contributed by atoms with Crippen LogP contribution in [0, 0.1) is 0 Å². The highest BCUT2D eigenvalue weighted by Gasteiger charge is 2.31. The Bertz CT molecular complexity index is 903. The maximum Gasteiger partial charge on any atom is 0.257 e. The van der Waals surface area contributed by atoms with Crippen molar-refractivity contribution in [2.45, 2.75) is 25.8 Å². The molecule has 2 heterocycles. The average molecular weight is 411 g/mol. The van der Waals surface area contributed by atoms with Crippen molar-refractivity contribution >= 4 is 27.5 Å². The first-order valence-electron chi connectivity index (χ1n) is 8.87. The van der Waals surface area contributed by atoms with Crippen molar-refractivity contribution in [1.29, 1.82) is 0 Å².